The van der Waals surface area contributed by atoms with E-state index in [1.807, 2.05) is 0 Å². The summed E-state index contributed by atoms with van der Waals surface area (Å²) in [5.74, 6) is -2.42. The van der Waals surface area contributed by atoms with Crippen LogP contribution in [0.2, 0.25) is 0 Å². The lowest BCUT2D eigenvalue weighted by molar-refractivity contribution is -0.141. The zero-order valence-corrected chi connectivity index (χ0v) is 12.0. The smallest absolute Gasteiger partial charge is 0.352 e. The summed E-state index contributed by atoms with van der Waals surface area (Å²) in [4.78, 5) is 24.9. The fraction of sp³-hybridized carbons (Fsp3) is 0.200. The number of hydrogen-bond acceptors (Lipinski definition) is 2. The first-order valence-electron chi connectivity index (χ1n) is 6.70. The normalized spacial score (nSPS) is 11.4. The summed E-state index contributed by atoms with van der Waals surface area (Å²) in [7, 11) is 0. The van der Waals surface area contributed by atoms with Crippen molar-refractivity contribution in [3.63, 3.8) is 0 Å². The van der Waals surface area contributed by atoms with Crippen molar-refractivity contribution in [3.05, 3.63) is 69.1 Å². The summed E-state index contributed by atoms with van der Waals surface area (Å²) in [5, 5.41) is 2.30. The Kier molecular flexibility index (Phi) is 5.01. The standard InChI is InChI=1S/C15H11F5N2O2/c16-9-5-8(6-10(17)7-9)3-4-21-13(23)11-1-2-12(15(18,19)20)22-14(11)24/h1-2,5-7H,3-4H2,(H,21,23)(H,22,24). The number of carbonyl (C=O) groups excluding carboxylic acids is 1. The number of carbonyl (C=O) groups is 1. The van der Waals surface area contributed by atoms with Crippen LogP contribution >= 0.6 is 0 Å². The van der Waals surface area contributed by atoms with Crippen LogP contribution in [0.1, 0.15) is 21.6 Å². The summed E-state index contributed by atoms with van der Waals surface area (Å²) >= 11 is 0. The zero-order chi connectivity index (χ0) is 17.9. The Morgan fingerprint density at radius 3 is 2.25 bits per heavy atom. The van der Waals surface area contributed by atoms with Gasteiger partial charge >= 0.3 is 6.18 Å². The van der Waals surface area contributed by atoms with E-state index in [1.165, 1.54) is 0 Å². The van der Waals surface area contributed by atoms with Crippen LogP contribution in [-0.2, 0) is 12.6 Å². The molecular formula is C15H11F5N2O2. The monoisotopic (exact) mass is 346 g/mol. The number of amides is 1. The van der Waals surface area contributed by atoms with E-state index in [0.29, 0.717) is 12.1 Å². The molecule has 24 heavy (non-hydrogen) atoms. The molecule has 2 rings (SSSR count). The van der Waals surface area contributed by atoms with Crippen LogP contribution in [0.15, 0.2) is 35.1 Å². The van der Waals surface area contributed by atoms with Crippen LogP contribution in [0.25, 0.3) is 0 Å². The van der Waals surface area contributed by atoms with Gasteiger partial charge in [0, 0.05) is 12.6 Å². The molecule has 4 nitrogen and oxygen atoms in total. The molecule has 9 heteroatoms. The fourth-order valence-corrected chi connectivity index (χ4v) is 1.99. The topological polar surface area (TPSA) is 62.0 Å². The van der Waals surface area contributed by atoms with Crippen molar-refractivity contribution in [3.8, 4) is 0 Å². The van der Waals surface area contributed by atoms with E-state index in [2.05, 4.69) is 5.32 Å². The Morgan fingerprint density at radius 2 is 1.71 bits per heavy atom. The molecule has 0 saturated heterocycles. The van der Waals surface area contributed by atoms with Gasteiger partial charge in [0.2, 0.25) is 0 Å². The molecule has 0 saturated carbocycles. The van der Waals surface area contributed by atoms with Crippen molar-refractivity contribution in [2.45, 2.75) is 12.6 Å². The van der Waals surface area contributed by atoms with Crippen LogP contribution in [0.4, 0.5) is 22.0 Å². The number of halogens is 5. The van der Waals surface area contributed by atoms with Crippen LogP contribution in [0, 0.1) is 11.6 Å². The first-order valence-corrected chi connectivity index (χ1v) is 6.70. The third-order valence-electron chi connectivity index (χ3n) is 3.08. The molecule has 0 aliphatic carbocycles. The highest BCUT2D eigenvalue weighted by Crippen LogP contribution is 2.26. The molecule has 1 aromatic carbocycles. The predicted octanol–water partition coefficient (Wildman–Crippen LogP) is 2.64. The zero-order valence-electron chi connectivity index (χ0n) is 12.0. The van der Waals surface area contributed by atoms with Gasteiger partial charge < -0.3 is 10.3 Å². The highest BCUT2D eigenvalue weighted by Gasteiger charge is 2.32. The lowest BCUT2D eigenvalue weighted by atomic mass is 10.1. The maximum absolute atomic E-state index is 13.0. The molecule has 0 aliphatic heterocycles. The molecule has 0 atom stereocenters. The SMILES string of the molecule is O=C(NCCc1cc(F)cc(F)c1)c1ccc(C(F)(F)F)[nH]c1=O. The van der Waals surface area contributed by atoms with Gasteiger partial charge in [-0.25, -0.2) is 8.78 Å². The Labute approximate surface area is 132 Å². The summed E-state index contributed by atoms with van der Waals surface area (Å²) in [6, 6.07) is 4.21. The number of benzene rings is 1. The molecule has 0 unspecified atom stereocenters. The van der Waals surface area contributed by atoms with Crippen LogP contribution < -0.4 is 10.9 Å². The minimum Gasteiger partial charge on any atom is -0.352 e. The molecule has 128 valence electrons. The van der Waals surface area contributed by atoms with E-state index < -0.39 is 40.5 Å². The third-order valence-corrected chi connectivity index (χ3v) is 3.08. The van der Waals surface area contributed by atoms with Crippen molar-refractivity contribution in [2.75, 3.05) is 6.54 Å². The Hall–Kier alpha value is -2.71. The Morgan fingerprint density at radius 1 is 1.08 bits per heavy atom. The molecule has 1 amide bonds. The number of nitrogens with one attached hydrogen (secondary N) is 2. The molecule has 0 aliphatic rings. The molecule has 1 aromatic heterocycles. The second-order valence-electron chi connectivity index (χ2n) is 4.90. The van der Waals surface area contributed by atoms with E-state index in [1.54, 1.807) is 4.98 Å². The van der Waals surface area contributed by atoms with Gasteiger partial charge in [-0.2, -0.15) is 13.2 Å². The third kappa shape index (κ3) is 4.40. The van der Waals surface area contributed by atoms with Crippen molar-refractivity contribution in [1.29, 1.82) is 0 Å². The van der Waals surface area contributed by atoms with Gasteiger partial charge in [0.05, 0.1) is 0 Å². The molecule has 2 aromatic rings. The molecule has 0 radical (unpaired) electrons. The molecule has 0 bridgehead atoms. The van der Waals surface area contributed by atoms with Gasteiger partial charge in [0.1, 0.15) is 22.9 Å². The number of pyridine rings is 1. The minimum atomic E-state index is -4.73. The van der Waals surface area contributed by atoms with Crippen LogP contribution in [0.5, 0.6) is 0 Å². The molecule has 0 fully saturated rings. The minimum absolute atomic E-state index is 0.0534. The number of alkyl halides is 3. The van der Waals surface area contributed by atoms with E-state index in [0.717, 1.165) is 18.2 Å². The first-order chi connectivity index (χ1) is 11.2. The van der Waals surface area contributed by atoms with E-state index in [9.17, 15) is 31.5 Å². The number of aromatic nitrogens is 1. The highest BCUT2D eigenvalue weighted by atomic mass is 19.4. The number of H-pyrrole nitrogens is 1. The molecule has 1 heterocycles. The van der Waals surface area contributed by atoms with Gasteiger partial charge in [0.25, 0.3) is 11.5 Å². The van der Waals surface area contributed by atoms with Crippen molar-refractivity contribution in [1.82, 2.24) is 10.3 Å². The Bertz CT molecular complexity index is 794. The van der Waals surface area contributed by atoms with Gasteiger partial charge in [-0.05, 0) is 36.2 Å². The van der Waals surface area contributed by atoms with E-state index in [4.69, 9.17) is 0 Å². The number of aromatic amines is 1. The van der Waals surface area contributed by atoms with Gasteiger partial charge in [-0.3, -0.25) is 9.59 Å². The first kappa shape index (κ1) is 17.6. The van der Waals surface area contributed by atoms with Gasteiger partial charge in [-0.1, -0.05) is 0 Å². The average Bonchev–Trinajstić information content (AvgIpc) is 2.45. The Balaban J connectivity index is 2.01. The lowest BCUT2D eigenvalue weighted by Crippen LogP contribution is -2.32. The van der Waals surface area contributed by atoms with Crippen molar-refractivity contribution < 1.29 is 26.7 Å². The summed E-state index contributed by atoms with van der Waals surface area (Å²) in [5.41, 5.74) is -2.65. The van der Waals surface area contributed by atoms with Crippen molar-refractivity contribution >= 4 is 5.91 Å². The van der Waals surface area contributed by atoms with Crippen LogP contribution in [0.3, 0.4) is 0 Å². The summed E-state index contributed by atoms with van der Waals surface area (Å²) in [6.07, 6.45) is -4.64. The lowest BCUT2D eigenvalue weighted by Gasteiger charge is -2.08. The maximum atomic E-state index is 13.0. The maximum Gasteiger partial charge on any atom is 0.431 e. The predicted molar refractivity (Wildman–Crippen MR) is 74.5 cm³/mol. The average molecular weight is 346 g/mol. The number of hydrogen-bond donors (Lipinski definition) is 2. The summed E-state index contributed by atoms with van der Waals surface area (Å²) < 4.78 is 63.3. The molecule has 2 N–H and O–H groups in total. The highest BCUT2D eigenvalue weighted by molar-refractivity contribution is 5.93. The molecular weight excluding hydrogens is 335 g/mol. The van der Waals surface area contributed by atoms with E-state index >= 15 is 0 Å². The fourth-order valence-electron chi connectivity index (χ4n) is 1.99. The van der Waals surface area contributed by atoms with Gasteiger partial charge in [0.15, 0.2) is 0 Å². The second-order valence-corrected chi connectivity index (χ2v) is 4.90. The van der Waals surface area contributed by atoms with E-state index in [-0.39, 0.29) is 18.5 Å². The van der Waals surface area contributed by atoms with Gasteiger partial charge in [-0.15, -0.1) is 0 Å². The van der Waals surface area contributed by atoms with Crippen LogP contribution in [-0.4, -0.2) is 17.4 Å². The second kappa shape index (κ2) is 6.81. The molecule has 0 spiro atoms. The number of rotatable bonds is 4. The summed E-state index contributed by atoms with van der Waals surface area (Å²) in [6.45, 7) is -0.0534. The van der Waals surface area contributed by atoms with Crippen molar-refractivity contribution in [2.24, 2.45) is 0 Å². The quantitative estimate of drug-likeness (QED) is 0.836. The largest absolute Gasteiger partial charge is 0.431 e.